The van der Waals surface area contributed by atoms with Crippen molar-refractivity contribution in [2.45, 2.75) is 6.92 Å². The molecule has 0 unspecified atom stereocenters. The van der Waals surface area contributed by atoms with Crippen LogP contribution in [0.4, 0.5) is 0 Å². The van der Waals surface area contributed by atoms with E-state index < -0.39 is 0 Å². The number of pyridine rings is 1. The van der Waals surface area contributed by atoms with Crippen LogP contribution < -0.4 is 0 Å². The maximum absolute atomic E-state index is 4.24. The number of nitrogens with zero attached hydrogens (tertiary/aromatic N) is 1. The maximum atomic E-state index is 4.24. The first-order valence-corrected chi connectivity index (χ1v) is 7.33. The molecule has 0 amide bonds. The summed E-state index contributed by atoms with van der Waals surface area (Å²) in [6.07, 6.45) is 3.67. The molecule has 1 heteroatoms. The number of benzene rings is 2. The number of aromatic nitrogens is 1. The van der Waals surface area contributed by atoms with Crippen LogP contribution in [0.1, 0.15) is 23.6 Å². The predicted octanol–water partition coefficient (Wildman–Crippen LogP) is 5.22. The second-order valence-corrected chi connectivity index (χ2v) is 5.10. The molecular weight excluding hydrogens is 266 g/mol. The number of hydrogen-bond donors (Lipinski definition) is 0. The van der Waals surface area contributed by atoms with Crippen molar-refractivity contribution in [3.8, 4) is 0 Å². The van der Waals surface area contributed by atoms with E-state index in [-0.39, 0.29) is 0 Å². The molecular formula is C21H17N. The van der Waals surface area contributed by atoms with Crippen molar-refractivity contribution in [2.75, 3.05) is 0 Å². The van der Waals surface area contributed by atoms with Gasteiger partial charge in [0, 0.05) is 23.5 Å². The highest BCUT2D eigenvalue weighted by Gasteiger charge is 2.04. The highest BCUT2D eigenvalue weighted by Crippen LogP contribution is 2.23. The number of rotatable bonds is 3. The second-order valence-electron chi connectivity index (χ2n) is 5.10. The first-order valence-electron chi connectivity index (χ1n) is 7.33. The lowest BCUT2D eigenvalue weighted by molar-refractivity contribution is 1.31. The van der Waals surface area contributed by atoms with Gasteiger partial charge in [0.25, 0.3) is 0 Å². The largest absolute Gasteiger partial charge is 0.264 e. The van der Waals surface area contributed by atoms with Crippen LogP contribution in [0.5, 0.6) is 0 Å². The molecule has 0 aliphatic heterocycles. The van der Waals surface area contributed by atoms with Crippen LogP contribution in [-0.4, -0.2) is 4.98 Å². The summed E-state index contributed by atoms with van der Waals surface area (Å²) >= 11 is 0. The molecule has 0 radical (unpaired) electrons. The molecule has 3 aromatic rings. The van der Waals surface area contributed by atoms with Crippen LogP contribution in [0.2, 0.25) is 0 Å². The topological polar surface area (TPSA) is 12.9 Å². The predicted molar refractivity (Wildman–Crippen MR) is 92.2 cm³/mol. The minimum Gasteiger partial charge on any atom is -0.264 e. The molecule has 2 aromatic carbocycles. The molecule has 1 nitrogen and oxygen atoms in total. The molecule has 1 heterocycles. The van der Waals surface area contributed by atoms with Gasteiger partial charge in [0.15, 0.2) is 0 Å². The Balaban J connectivity index is 2.20. The van der Waals surface area contributed by atoms with E-state index in [0.29, 0.717) is 0 Å². The van der Waals surface area contributed by atoms with Gasteiger partial charge in [0.05, 0.1) is 0 Å². The van der Waals surface area contributed by atoms with Crippen molar-refractivity contribution in [1.82, 2.24) is 4.98 Å². The van der Waals surface area contributed by atoms with E-state index in [0.717, 1.165) is 22.3 Å². The molecule has 3 rings (SSSR count). The Morgan fingerprint density at radius 1 is 0.727 bits per heavy atom. The summed E-state index contributed by atoms with van der Waals surface area (Å²) in [6.45, 7) is 2.09. The Kier molecular flexibility index (Phi) is 4.29. The molecule has 106 valence electrons. The second kappa shape index (κ2) is 6.71. The van der Waals surface area contributed by atoms with E-state index in [1.807, 2.05) is 48.7 Å². The fourth-order valence-corrected chi connectivity index (χ4v) is 2.37. The highest BCUT2D eigenvalue weighted by molar-refractivity contribution is 5.83. The summed E-state index contributed by atoms with van der Waals surface area (Å²) in [6, 6.07) is 24.7. The maximum Gasteiger partial charge on any atom is 0.0352 e. The van der Waals surface area contributed by atoms with E-state index in [1.165, 1.54) is 5.56 Å². The van der Waals surface area contributed by atoms with Crippen molar-refractivity contribution in [3.05, 3.63) is 108 Å². The molecule has 0 aliphatic carbocycles. The van der Waals surface area contributed by atoms with Crippen molar-refractivity contribution in [2.24, 2.45) is 0 Å². The molecule has 0 atom stereocenters. The van der Waals surface area contributed by atoms with Gasteiger partial charge in [-0.15, -0.1) is 5.73 Å². The van der Waals surface area contributed by atoms with Gasteiger partial charge in [-0.05, 0) is 29.7 Å². The first kappa shape index (κ1) is 14.1. The summed E-state index contributed by atoms with van der Waals surface area (Å²) in [5, 5.41) is 0. The lowest BCUT2D eigenvalue weighted by Gasteiger charge is -2.06. The van der Waals surface area contributed by atoms with Gasteiger partial charge in [0.2, 0.25) is 0 Å². The SMILES string of the molecule is CC(=C=C(c1ccccc1)c1cccnc1)c1ccccc1. The average Bonchev–Trinajstić information content (AvgIpc) is 2.62. The highest BCUT2D eigenvalue weighted by atomic mass is 14.6. The van der Waals surface area contributed by atoms with Crippen molar-refractivity contribution in [3.63, 3.8) is 0 Å². The van der Waals surface area contributed by atoms with E-state index in [4.69, 9.17) is 0 Å². The quantitative estimate of drug-likeness (QED) is 0.601. The van der Waals surface area contributed by atoms with E-state index in [9.17, 15) is 0 Å². The summed E-state index contributed by atoms with van der Waals surface area (Å²) in [5.74, 6) is 0. The van der Waals surface area contributed by atoms with Gasteiger partial charge in [-0.1, -0.05) is 66.7 Å². The van der Waals surface area contributed by atoms with Gasteiger partial charge in [-0.2, -0.15) is 0 Å². The summed E-state index contributed by atoms with van der Waals surface area (Å²) in [7, 11) is 0. The molecule has 0 bridgehead atoms. The van der Waals surface area contributed by atoms with Crippen molar-refractivity contribution in [1.29, 1.82) is 0 Å². The monoisotopic (exact) mass is 283 g/mol. The van der Waals surface area contributed by atoms with Gasteiger partial charge < -0.3 is 0 Å². The lowest BCUT2D eigenvalue weighted by Crippen LogP contribution is -1.88. The normalized spacial score (nSPS) is 9.86. The van der Waals surface area contributed by atoms with E-state index >= 15 is 0 Å². The number of hydrogen-bond acceptors (Lipinski definition) is 1. The standard InChI is InChI=1S/C21H17N/c1-17(18-9-4-2-5-10-18)15-21(19-11-6-3-7-12-19)20-13-8-14-22-16-20/h2-14,16H,1H3. The van der Waals surface area contributed by atoms with Gasteiger partial charge in [0.1, 0.15) is 0 Å². The van der Waals surface area contributed by atoms with Crippen LogP contribution >= 0.6 is 0 Å². The van der Waals surface area contributed by atoms with Gasteiger partial charge in [-0.3, -0.25) is 4.98 Å². The molecule has 0 spiro atoms. The molecule has 0 aliphatic rings. The third kappa shape index (κ3) is 3.22. The molecule has 0 fully saturated rings. The minimum absolute atomic E-state index is 1.06. The Morgan fingerprint density at radius 2 is 1.32 bits per heavy atom. The third-order valence-electron chi connectivity index (χ3n) is 3.53. The third-order valence-corrected chi connectivity index (χ3v) is 3.53. The minimum atomic E-state index is 1.06. The zero-order valence-electron chi connectivity index (χ0n) is 12.5. The Labute approximate surface area is 131 Å². The number of allylic oxidation sites excluding steroid dienone is 1. The molecule has 0 saturated heterocycles. The smallest absolute Gasteiger partial charge is 0.0352 e. The van der Waals surface area contributed by atoms with Crippen molar-refractivity contribution < 1.29 is 0 Å². The Hall–Kier alpha value is -2.89. The van der Waals surface area contributed by atoms with Crippen LogP contribution in [0.25, 0.3) is 11.1 Å². The summed E-state index contributed by atoms with van der Waals surface area (Å²) in [5.41, 5.74) is 9.14. The lowest BCUT2D eigenvalue weighted by atomic mass is 9.98. The van der Waals surface area contributed by atoms with Crippen LogP contribution in [0.3, 0.4) is 0 Å². The van der Waals surface area contributed by atoms with E-state index in [2.05, 4.69) is 48.0 Å². The van der Waals surface area contributed by atoms with Crippen LogP contribution in [0, 0.1) is 0 Å². The van der Waals surface area contributed by atoms with Crippen molar-refractivity contribution >= 4 is 11.1 Å². The Morgan fingerprint density at radius 3 is 1.91 bits per heavy atom. The first-order chi connectivity index (χ1) is 10.8. The zero-order valence-corrected chi connectivity index (χ0v) is 12.5. The van der Waals surface area contributed by atoms with Crippen LogP contribution in [0.15, 0.2) is 90.9 Å². The fraction of sp³-hybridized carbons (Fsp3) is 0.0476. The summed E-state index contributed by atoms with van der Waals surface area (Å²) in [4.78, 5) is 4.24. The molecule has 22 heavy (non-hydrogen) atoms. The summed E-state index contributed by atoms with van der Waals surface area (Å²) < 4.78 is 0. The van der Waals surface area contributed by atoms with Gasteiger partial charge >= 0.3 is 0 Å². The Bertz CT molecular complexity index is 755. The zero-order chi connectivity index (χ0) is 15.2. The molecule has 1 aromatic heterocycles. The average molecular weight is 283 g/mol. The van der Waals surface area contributed by atoms with Crippen LogP contribution in [-0.2, 0) is 0 Å². The van der Waals surface area contributed by atoms with E-state index in [1.54, 1.807) is 6.20 Å². The molecule has 0 N–H and O–H groups in total. The fourth-order valence-electron chi connectivity index (χ4n) is 2.37. The van der Waals surface area contributed by atoms with Gasteiger partial charge in [-0.25, -0.2) is 0 Å². The molecule has 0 saturated carbocycles.